The standard InChI is InChI=1S/C13H20ClN3O2/c1-3-9-11(14)10(17(2)16-9)8-13(12(18)19)4-6-15-7-5-13/h15H,3-8H2,1-2H3,(H,18,19). The van der Waals surface area contributed by atoms with Crippen LogP contribution in [-0.4, -0.2) is 33.9 Å². The van der Waals surface area contributed by atoms with Crippen molar-refractivity contribution in [2.75, 3.05) is 13.1 Å². The van der Waals surface area contributed by atoms with Gasteiger partial charge >= 0.3 is 5.97 Å². The van der Waals surface area contributed by atoms with Gasteiger partial charge in [0, 0.05) is 13.5 Å². The number of rotatable bonds is 4. The molecule has 1 aromatic heterocycles. The maximum atomic E-state index is 11.7. The normalized spacial score (nSPS) is 18.5. The molecule has 1 aromatic rings. The Kier molecular flexibility index (Phi) is 4.16. The molecule has 106 valence electrons. The quantitative estimate of drug-likeness (QED) is 0.882. The van der Waals surface area contributed by atoms with Crippen molar-refractivity contribution >= 4 is 17.6 Å². The minimum atomic E-state index is -0.732. The van der Waals surface area contributed by atoms with Crippen molar-refractivity contribution in [2.45, 2.75) is 32.6 Å². The van der Waals surface area contributed by atoms with Crippen molar-refractivity contribution in [1.29, 1.82) is 0 Å². The van der Waals surface area contributed by atoms with Crippen LogP contribution >= 0.6 is 11.6 Å². The molecule has 0 aromatic carbocycles. The molecule has 0 bridgehead atoms. The van der Waals surface area contributed by atoms with Gasteiger partial charge in [-0.15, -0.1) is 0 Å². The predicted octanol–water partition coefficient (Wildman–Crippen LogP) is 1.63. The van der Waals surface area contributed by atoms with Gasteiger partial charge in [0.15, 0.2) is 0 Å². The van der Waals surface area contributed by atoms with Gasteiger partial charge in [-0.3, -0.25) is 9.48 Å². The summed E-state index contributed by atoms with van der Waals surface area (Å²) in [5, 5.41) is 17.8. The summed E-state index contributed by atoms with van der Waals surface area (Å²) in [6, 6.07) is 0. The number of aryl methyl sites for hydroxylation is 2. The number of nitrogens with one attached hydrogen (secondary N) is 1. The first-order chi connectivity index (χ1) is 9.00. The van der Waals surface area contributed by atoms with E-state index in [-0.39, 0.29) is 0 Å². The van der Waals surface area contributed by atoms with E-state index in [1.807, 2.05) is 14.0 Å². The summed E-state index contributed by atoms with van der Waals surface area (Å²) in [5.74, 6) is -0.732. The molecule has 19 heavy (non-hydrogen) atoms. The van der Waals surface area contributed by atoms with Crippen LogP contribution in [0.5, 0.6) is 0 Å². The third-order valence-electron chi connectivity index (χ3n) is 4.02. The number of hydrogen-bond donors (Lipinski definition) is 2. The van der Waals surface area contributed by atoms with E-state index in [1.54, 1.807) is 4.68 Å². The van der Waals surface area contributed by atoms with Gasteiger partial charge in [0.25, 0.3) is 0 Å². The number of aliphatic carboxylic acids is 1. The van der Waals surface area contributed by atoms with Crippen LogP contribution in [0.25, 0.3) is 0 Å². The highest BCUT2D eigenvalue weighted by Gasteiger charge is 2.41. The molecule has 2 heterocycles. The van der Waals surface area contributed by atoms with Crippen molar-refractivity contribution in [2.24, 2.45) is 12.5 Å². The van der Waals surface area contributed by atoms with Crippen molar-refractivity contribution in [3.8, 4) is 0 Å². The van der Waals surface area contributed by atoms with Gasteiger partial charge in [-0.05, 0) is 32.4 Å². The summed E-state index contributed by atoms with van der Waals surface area (Å²) in [6.45, 7) is 3.47. The molecule has 0 amide bonds. The lowest BCUT2D eigenvalue weighted by molar-refractivity contribution is -0.150. The smallest absolute Gasteiger partial charge is 0.310 e. The van der Waals surface area contributed by atoms with Gasteiger partial charge in [0.05, 0.1) is 21.8 Å². The van der Waals surface area contributed by atoms with E-state index in [1.165, 1.54) is 0 Å². The lowest BCUT2D eigenvalue weighted by Gasteiger charge is -2.33. The van der Waals surface area contributed by atoms with Gasteiger partial charge < -0.3 is 10.4 Å². The van der Waals surface area contributed by atoms with Crippen LogP contribution in [-0.2, 0) is 24.7 Å². The summed E-state index contributed by atoms with van der Waals surface area (Å²) >= 11 is 6.32. The van der Waals surface area contributed by atoms with E-state index < -0.39 is 11.4 Å². The average Bonchev–Trinajstić information content (AvgIpc) is 2.67. The number of carbonyl (C=O) groups is 1. The van der Waals surface area contributed by atoms with E-state index in [2.05, 4.69) is 10.4 Å². The molecule has 6 heteroatoms. The number of carboxylic acid groups (broad SMARTS) is 1. The second kappa shape index (κ2) is 5.51. The molecule has 5 nitrogen and oxygen atoms in total. The molecule has 0 radical (unpaired) electrons. The van der Waals surface area contributed by atoms with Crippen molar-refractivity contribution < 1.29 is 9.90 Å². The maximum Gasteiger partial charge on any atom is 0.310 e. The van der Waals surface area contributed by atoms with Crippen LogP contribution in [0.4, 0.5) is 0 Å². The Balaban J connectivity index is 2.32. The third kappa shape index (κ3) is 2.62. The first-order valence-corrected chi connectivity index (χ1v) is 7.02. The highest BCUT2D eigenvalue weighted by Crippen LogP contribution is 2.36. The molecule has 1 fully saturated rings. The van der Waals surface area contributed by atoms with Crippen LogP contribution in [0.1, 0.15) is 31.2 Å². The van der Waals surface area contributed by atoms with Gasteiger partial charge in [0.1, 0.15) is 0 Å². The lowest BCUT2D eigenvalue weighted by atomic mass is 9.75. The summed E-state index contributed by atoms with van der Waals surface area (Å²) < 4.78 is 1.73. The molecule has 2 N–H and O–H groups in total. The van der Waals surface area contributed by atoms with E-state index in [0.717, 1.165) is 30.9 Å². The van der Waals surface area contributed by atoms with Crippen LogP contribution in [0.15, 0.2) is 0 Å². The number of nitrogens with zero attached hydrogens (tertiary/aromatic N) is 2. The molecule has 1 saturated heterocycles. The minimum Gasteiger partial charge on any atom is -0.481 e. The Morgan fingerprint density at radius 2 is 2.16 bits per heavy atom. The van der Waals surface area contributed by atoms with Crippen LogP contribution in [0, 0.1) is 5.41 Å². The van der Waals surface area contributed by atoms with Crippen molar-refractivity contribution in [3.05, 3.63) is 16.4 Å². The Bertz CT molecular complexity index is 478. The molecular weight excluding hydrogens is 266 g/mol. The Morgan fingerprint density at radius 1 is 1.53 bits per heavy atom. The molecule has 0 unspecified atom stereocenters. The second-order valence-corrected chi connectivity index (χ2v) is 5.57. The average molecular weight is 286 g/mol. The molecule has 2 rings (SSSR count). The Labute approximate surface area is 117 Å². The van der Waals surface area contributed by atoms with Gasteiger partial charge in [0.2, 0.25) is 0 Å². The fourth-order valence-corrected chi connectivity index (χ4v) is 3.06. The lowest BCUT2D eigenvalue weighted by Crippen LogP contribution is -2.44. The van der Waals surface area contributed by atoms with E-state index in [9.17, 15) is 9.90 Å². The van der Waals surface area contributed by atoms with E-state index in [4.69, 9.17) is 11.6 Å². The molecule has 1 aliphatic rings. The van der Waals surface area contributed by atoms with Crippen LogP contribution in [0.2, 0.25) is 5.02 Å². The predicted molar refractivity (Wildman–Crippen MR) is 73.5 cm³/mol. The minimum absolute atomic E-state index is 0.451. The fourth-order valence-electron chi connectivity index (χ4n) is 2.70. The molecule has 0 saturated carbocycles. The monoisotopic (exact) mass is 285 g/mol. The maximum absolute atomic E-state index is 11.7. The summed E-state index contributed by atoms with van der Waals surface area (Å²) in [4.78, 5) is 11.7. The highest BCUT2D eigenvalue weighted by atomic mass is 35.5. The number of halogens is 1. The zero-order valence-electron chi connectivity index (χ0n) is 11.4. The van der Waals surface area contributed by atoms with Gasteiger partial charge in [-0.1, -0.05) is 18.5 Å². The second-order valence-electron chi connectivity index (χ2n) is 5.20. The fraction of sp³-hybridized carbons (Fsp3) is 0.692. The number of carboxylic acids is 1. The van der Waals surface area contributed by atoms with Gasteiger partial charge in [-0.25, -0.2) is 0 Å². The zero-order valence-corrected chi connectivity index (χ0v) is 12.1. The summed E-state index contributed by atoms with van der Waals surface area (Å²) in [5.41, 5.74) is 0.963. The molecule has 0 spiro atoms. The van der Waals surface area contributed by atoms with Crippen LogP contribution in [0.3, 0.4) is 0 Å². The summed E-state index contributed by atoms with van der Waals surface area (Å²) in [7, 11) is 1.83. The van der Waals surface area contributed by atoms with Crippen molar-refractivity contribution in [3.63, 3.8) is 0 Å². The Hall–Kier alpha value is -1.07. The highest BCUT2D eigenvalue weighted by molar-refractivity contribution is 6.31. The first-order valence-electron chi connectivity index (χ1n) is 6.64. The van der Waals surface area contributed by atoms with E-state index in [0.29, 0.717) is 24.3 Å². The Morgan fingerprint density at radius 3 is 2.63 bits per heavy atom. The SMILES string of the molecule is CCc1nn(C)c(CC2(C(=O)O)CCNCC2)c1Cl. The molecular formula is C13H20ClN3O2. The number of hydrogen-bond acceptors (Lipinski definition) is 3. The van der Waals surface area contributed by atoms with Gasteiger partial charge in [-0.2, -0.15) is 5.10 Å². The largest absolute Gasteiger partial charge is 0.481 e. The van der Waals surface area contributed by atoms with Crippen LogP contribution < -0.4 is 5.32 Å². The van der Waals surface area contributed by atoms with E-state index >= 15 is 0 Å². The molecule has 1 aliphatic heterocycles. The number of piperidine rings is 1. The van der Waals surface area contributed by atoms with Crippen molar-refractivity contribution in [1.82, 2.24) is 15.1 Å². The number of aromatic nitrogens is 2. The molecule has 0 atom stereocenters. The topological polar surface area (TPSA) is 67.2 Å². The molecule has 0 aliphatic carbocycles. The third-order valence-corrected chi connectivity index (χ3v) is 4.46. The zero-order chi connectivity index (χ0) is 14.0. The first kappa shape index (κ1) is 14.3. The summed E-state index contributed by atoms with van der Waals surface area (Å²) in [6.07, 6.45) is 2.47.